The van der Waals surface area contributed by atoms with E-state index in [0.29, 0.717) is 23.1 Å². The molecule has 0 radical (unpaired) electrons. The Balaban J connectivity index is 2.86. The molecule has 21 heavy (non-hydrogen) atoms. The fraction of sp³-hybridized carbons (Fsp3) is 0.714. The zero-order valence-corrected chi connectivity index (χ0v) is 13.1. The van der Waals surface area contributed by atoms with Crippen molar-refractivity contribution in [3.63, 3.8) is 0 Å². The van der Waals surface area contributed by atoms with Gasteiger partial charge in [-0.1, -0.05) is 20.8 Å². The van der Waals surface area contributed by atoms with Gasteiger partial charge in [-0.2, -0.15) is 18.2 Å². The van der Waals surface area contributed by atoms with Crippen LogP contribution in [0.25, 0.3) is 0 Å². The molecule has 1 heterocycles. The number of aromatic nitrogens is 2. The summed E-state index contributed by atoms with van der Waals surface area (Å²) in [5, 5.41) is 2.95. The molecule has 7 heteroatoms. The number of anilines is 1. The second-order valence-electron chi connectivity index (χ2n) is 5.89. The summed E-state index contributed by atoms with van der Waals surface area (Å²) in [6, 6.07) is 0. The maximum absolute atomic E-state index is 12.1. The van der Waals surface area contributed by atoms with Gasteiger partial charge in [0.25, 0.3) is 0 Å². The number of halogens is 3. The van der Waals surface area contributed by atoms with Gasteiger partial charge in [-0.25, -0.2) is 4.98 Å². The Morgan fingerprint density at radius 1 is 1.14 bits per heavy atom. The maximum atomic E-state index is 12.1. The van der Waals surface area contributed by atoms with Crippen molar-refractivity contribution in [2.75, 3.05) is 19.0 Å². The van der Waals surface area contributed by atoms with Gasteiger partial charge < -0.3 is 10.1 Å². The van der Waals surface area contributed by atoms with Crippen LogP contribution in [0.2, 0.25) is 0 Å². The molecule has 0 unspecified atom stereocenters. The molecule has 0 atom stereocenters. The number of nitrogens with one attached hydrogen (secondary N) is 1. The Hall–Kier alpha value is -1.53. The molecule has 0 bridgehead atoms. The van der Waals surface area contributed by atoms with Crippen molar-refractivity contribution in [1.82, 2.24) is 9.97 Å². The maximum Gasteiger partial charge on any atom is 0.389 e. The third kappa shape index (κ3) is 5.40. The van der Waals surface area contributed by atoms with Gasteiger partial charge in [0.1, 0.15) is 11.6 Å². The summed E-state index contributed by atoms with van der Waals surface area (Å²) < 4.78 is 41.7. The first-order chi connectivity index (χ1) is 9.54. The molecule has 0 saturated carbocycles. The molecule has 0 saturated heterocycles. The molecule has 1 aromatic rings. The van der Waals surface area contributed by atoms with Crippen molar-refractivity contribution >= 4 is 5.82 Å². The minimum atomic E-state index is -4.16. The third-order valence-corrected chi connectivity index (χ3v) is 2.85. The number of ether oxygens (including phenoxy) is 1. The quantitative estimate of drug-likeness (QED) is 0.840. The molecule has 1 rings (SSSR count). The van der Waals surface area contributed by atoms with E-state index in [4.69, 9.17) is 4.74 Å². The smallest absolute Gasteiger partial charge is 0.389 e. The van der Waals surface area contributed by atoms with Crippen LogP contribution in [0.1, 0.15) is 45.0 Å². The van der Waals surface area contributed by atoms with Crippen LogP contribution in [-0.4, -0.2) is 29.8 Å². The Kier molecular flexibility index (Phi) is 5.42. The second-order valence-corrected chi connectivity index (χ2v) is 5.89. The number of nitrogens with zero attached hydrogens (tertiary/aromatic N) is 2. The Morgan fingerprint density at radius 3 is 2.24 bits per heavy atom. The van der Waals surface area contributed by atoms with E-state index in [1.807, 2.05) is 20.8 Å². The van der Waals surface area contributed by atoms with Gasteiger partial charge in [0.2, 0.25) is 5.88 Å². The lowest BCUT2D eigenvalue weighted by atomic mass is 9.95. The minimum Gasteiger partial charge on any atom is -0.477 e. The SMILES string of the molecule is CNc1nc(C(C)(C)C)nc(OCCCC(F)(F)F)c1C. The zero-order valence-electron chi connectivity index (χ0n) is 13.1. The minimum absolute atomic E-state index is 0.0237. The first kappa shape index (κ1) is 17.5. The molecule has 0 spiro atoms. The van der Waals surface area contributed by atoms with Crippen molar-refractivity contribution in [2.24, 2.45) is 0 Å². The molecule has 1 N–H and O–H groups in total. The predicted octanol–water partition coefficient (Wildman–Crippen LogP) is 3.85. The van der Waals surface area contributed by atoms with Gasteiger partial charge in [-0.15, -0.1) is 0 Å². The van der Waals surface area contributed by atoms with E-state index in [1.165, 1.54) is 0 Å². The number of hydrogen-bond donors (Lipinski definition) is 1. The molecule has 0 aromatic carbocycles. The summed E-state index contributed by atoms with van der Waals surface area (Å²) in [7, 11) is 1.73. The molecule has 0 amide bonds. The van der Waals surface area contributed by atoms with E-state index in [1.54, 1.807) is 14.0 Å². The van der Waals surface area contributed by atoms with E-state index in [9.17, 15) is 13.2 Å². The van der Waals surface area contributed by atoms with Gasteiger partial charge in [-0.05, 0) is 13.3 Å². The molecule has 4 nitrogen and oxygen atoms in total. The van der Waals surface area contributed by atoms with Crippen LogP contribution in [0, 0.1) is 6.92 Å². The number of rotatable bonds is 5. The lowest BCUT2D eigenvalue weighted by Gasteiger charge is -2.20. The van der Waals surface area contributed by atoms with Crippen molar-refractivity contribution < 1.29 is 17.9 Å². The highest BCUT2D eigenvalue weighted by molar-refractivity contribution is 5.48. The van der Waals surface area contributed by atoms with Crippen molar-refractivity contribution in [3.8, 4) is 5.88 Å². The van der Waals surface area contributed by atoms with E-state index in [0.717, 1.165) is 0 Å². The van der Waals surface area contributed by atoms with E-state index >= 15 is 0 Å². The third-order valence-electron chi connectivity index (χ3n) is 2.85. The average molecular weight is 305 g/mol. The number of alkyl halides is 3. The second kappa shape index (κ2) is 6.49. The molecular weight excluding hydrogens is 283 g/mol. The van der Waals surface area contributed by atoms with Gasteiger partial charge in [0.15, 0.2) is 0 Å². The first-order valence-corrected chi connectivity index (χ1v) is 6.81. The summed E-state index contributed by atoms with van der Waals surface area (Å²) in [5.74, 6) is 1.55. The molecule has 0 fully saturated rings. The van der Waals surface area contributed by atoms with Crippen molar-refractivity contribution in [2.45, 2.75) is 52.1 Å². The van der Waals surface area contributed by atoms with Crippen LogP contribution in [0.3, 0.4) is 0 Å². The van der Waals surface area contributed by atoms with Gasteiger partial charge in [0.05, 0.1) is 12.2 Å². The van der Waals surface area contributed by atoms with Crippen LogP contribution >= 0.6 is 0 Å². The summed E-state index contributed by atoms with van der Waals surface area (Å²) in [6.07, 6.45) is -5.11. The van der Waals surface area contributed by atoms with Crippen LogP contribution in [0.15, 0.2) is 0 Å². The van der Waals surface area contributed by atoms with Crippen LogP contribution in [-0.2, 0) is 5.41 Å². The Morgan fingerprint density at radius 2 is 1.76 bits per heavy atom. The molecule has 0 aliphatic rings. The van der Waals surface area contributed by atoms with Crippen LogP contribution in [0.4, 0.5) is 19.0 Å². The van der Waals surface area contributed by atoms with Crippen LogP contribution in [0.5, 0.6) is 5.88 Å². The summed E-state index contributed by atoms with van der Waals surface area (Å²) >= 11 is 0. The zero-order chi connectivity index (χ0) is 16.3. The summed E-state index contributed by atoms with van der Waals surface area (Å²) in [6.45, 7) is 7.64. The highest BCUT2D eigenvalue weighted by Crippen LogP contribution is 2.28. The molecule has 0 aliphatic carbocycles. The predicted molar refractivity (Wildman–Crippen MR) is 75.8 cm³/mol. The highest BCUT2D eigenvalue weighted by Gasteiger charge is 2.26. The topological polar surface area (TPSA) is 47.0 Å². The van der Waals surface area contributed by atoms with Gasteiger partial charge in [-0.3, -0.25) is 0 Å². The van der Waals surface area contributed by atoms with E-state index < -0.39 is 12.6 Å². The fourth-order valence-electron chi connectivity index (χ4n) is 1.66. The largest absolute Gasteiger partial charge is 0.477 e. The first-order valence-electron chi connectivity index (χ1n) is 6.81. The lowest BCUT2D eigenvalue weighted by Crippen LogP contribution is -2.19. The molecule has 120 valence electrons. The molecule has 1 aromatic heterocycles. The average Bonchev–Trinajstić information content (AvgIpc) is 2.33. The Labute approximate surface area is 123 Å². The van der Waals surface area contributed by atoms with Crippen molar-refractivity contribution in [3.05, 3.63) is 11.4 Å². The highest BCUT2D eigenvalue weighted by atomic mass is 19.4. The fourth-order valence-corrected chi connectivity index (χ4v) is 1.66. The Bertz CT molecular complexity index is 482. The summed E-state index contributed by atoms with van der Waals surface area (Å²) in [4.78, 5) is 8.74. The van der Waals surface area contributed by atoms with Gasteiger partial charge in [0, 0.05) is 18.9 Å². The lowest BCUT2D eigenvalue weighted by molar-refractivity contribution is -0.136. The normalized spacial score (nSPS) is 12.4. The van der Waals surface area contributed by atoms with Crippen molar-refractivity contribution in [1.29, 1.82) is 0 Å². The number of hydrogen-bond acceptors (Lipinski definition) is 4. The standard InChI is InChI=1S/C14H22F3N3O/c1-9-10(18-5)19-12(13(2,3)4)20-11(9)21-8-6-7-14(15,16)17/h6-8H2,1-5H3,(H,18,19,20). The van der Waals surface area contributed by atoms with E-state index in [2.05, 4.69) is 15.3 Å². The van der Waals surface area contributed by atoms with E-state index in [-0.39, 0.29) is 18.4 Å². The van der Waals surface area contributed by atoms with Gasteiger partial charge >= 0.3 is 6.18 Å². The monoisotopic (exact) mass is 305 g/mol. The summed E-state index contributed by atoms with van der Waals surface area (Å²) in [5.41, 5.74) is 0.418. The van der Waals surface area contributed by atoms with Crippen LogP contribution < -0.4 is 10.1 Å². The molecular formula is C14H22F3N3O. The molecule has 0 aliphatic heterocycles.